The maximum Gasteiger partial charge on any atom is 0.150 e. The molecule has 0 saturated heterocycles. The van der Waals surface area contributed by atoms with Crippen molar-refractivity contribution in [2.45, 2.75) is 9.67 Å². The van der Waals surface area contributed by atoms with Gasteiger partial charge in [-0.2, -0.15) is 0 Å². The van der Waals surface area contributed by atoms with E-state index in [1.807, 2.05) is 0 Å². The van der Waals surface area contributed by atoms with E-state index in [9.17, 15) is 0 Å². The third-order valence-electron chi connectivity index (χ3n) is 1.37. The molecule has 0 atom stereocenters. The van der Waals surface area contributed by atoms with Crippen LogP contribution in [-0.2, 0) is 0 Å². The fourth-order valence-electron chi connectivity index (χ4n) is 0.820. The minimum absolute atomic E-state index is 0.305. The molecule has 0 aliphatic rings. The second-order valence-electron chi connectivity index (χ2n) is 2.21. The van der Waals surface area contributed by atoms with Crippen LogP contribution in [0.15, 0.2) is 12.1 Å². The second kappa shape index (κ2) is 4.90. The van der Waals surface area contributed by atoms with E-state index in [1.54, 1.807) is 12.1 Å². The molecule has 0 spiro atoms. The van der Waals surface area contributed by atoms with Gasteiger partial charge in [-0.05, 0) is 6.07 Å². The Morgan fingerprint density at radius 3 is 2.08 bits per heavy atom. The van der Waals surface area contributed by atoms with Crippen molar-refractivity contribution in [2.75, 3.05) is 0 Å². The lowest BCUT2D eigenvalue weighted by Gasteiger charge is -2.09. The molecule has 0 saturated carbocycles. The van der Waals surface area contributed by atoms with Gasteiger partial charge in [0.2, 0.25) is 0 Å². The molecule has 6 heteroatoms. The first-order chi connectivity index (χ1) is 6.02. The molecule has 1 nitrogen and oxygen atoms in total. The average Bonchev–Trinajstić information content (AvgIpc) is 2.03. The van der Waals surface area contributed by atoms with Crippen LogP contribution in [0.4, 0.5) is 0 Å². The van der Waals surface area contributed by atoms with E-state index in [-0.39, 0.29) is 0 Å². The van der Waals surface area contributed by atoms with Crippen molar-refractivity contribution in [3.8, 4) is 0 Å². The summed E-state index contributed by atoms with van der Waals surface area (Å²) in [6.07, 6.45) is 0. The molecular formula is C7H4Cl5N. The van der Waals surface area contributed by atoms with Crippen molar-refractivity contribution < 1.29 is 0 Å². The Bertz CT molecular complexity index is 299. The standard InChI is InChI=1S/C7H4Cl5N/c8-4-2-1-3(6(9)10)5(13-4)7(11)12/h1-2,6-7H. The number of alkyl halides is 4. The summed E-state index contributed by atoms with van der Waals surface area (Å²) in [5.74, 6) is 0. The van der Waals surface area contributed by atoms with Crippen LogP contribution in [-0.4, -0.2) is 4.98 Å². The third-order valence-corrected chi connectivity index (χ3v) is 2.46. The van der Waals surface area contributed by atoms with E-state index in [2.05, 4.69) is 4.98 Å². The highest BCUT2D eigenvalue weighted by Crippen LogP contribution is 2.34. The quantitative estimate of drug-likeness (QED) is 0.565. The summed E-state index contributed by atoms with van der Waals surface area (Å²) in [5.41, 5.74) is 0.966. The topological polar surface area (TPSA) is 12.9 Å². The summed E-state index contributed by atoms with van der Waals surface area (Å²) >= 11 is 28.3. The van der Waals surface area contributed by atoms with Crippen molar-refractivity contribution >= 4 is 58.0 Å². The Balaban J connectivity index is 3.19. The lowest BCUT2D eigenvalue weighted by atomic mass is 10.2. The number of aromatic nitrogens is 1. The van der Waals surface area contributed by atoms with Crippen LogP contribution in [0, 0.1) is 0 Å². The molecule has 0 fully saturated rings. The van der Waals surface area contributed by atoms with Gasteiger partial charge in [-0.15, -0.1) is 0 Å². The van der Waals surface area contributed by atoms with E-state index in [4.69, 9.17) is 58.0 Å². The number of rotatable bonds is 2. The highest BCUT2D eigenvalue weighted by Gasteiger charge is 2.16. The predicted octanol–water partition coefficient (Wildman–Crippen LogP) is 4.69. The molecule has 1 heterocycles. The molecule has 1 aromatic heterocycles. The first-order valence-corrected chi connectivity index (χ1v) is 5.37. The van der Waals surface area contributed by atoms with Crippen LogP contribution in [0.3, 0.4) is 0 Å². The summed E-state index contributed by atoms with van der Waals surface area (Å²) < 4.78 is 0. The zero-order valence-electron chi connectivity index (χ0n) is 6.15. The Morgan fingerprint density at radius 2 is 1.62 bits per heavy atom. The number of hydrogen-bond donors (Lipinski definition) is 0. The van der Waals surface area contributed by atoms with Crippen LogP contribution in [0.1, 0.15) is 20.9 Å². The maximum atomic E-state index is 5.67. The summed E-state index contributed by atoms with van der Waals surface area (Å²) in [6, 6.07) is 3.22. The Kier molecular flexibility index (Phi) is 4.40. The van der Waals surface area contributed by atoms with Gasteiger partial charge in [0, 0.05) is 5.56 Å². The molecule has 0 N–H and O–H groups in total. The van der Waals surface area contributed by atoms with Gasteiger partial charge in [-0.3, -0.25) is 0 Å². The van der Waals surface area contributed by atoms with Gasteiger partial charge in [0.05, 0.1) is 5.69 Å². The maximum absolute atomic E-state index is 5.67. The molecule has 1 aromatic rings. The third kappa shape index (κ3) is 3.03. The van der Waals surface area contributed by atoms with E-state index in [0.29, 0.717) is 16.4 Å². The number of hydrogen-bond acceptors (Lipinski definition) is 1. The largest absolute Gasteiger partial charge is 0.238 e. The fraction of sp³-hybridized carbons (Fsp3) is 0.286. The summed E-state index contributed by atoms with van der Waals surface area (Å²) in [7, 11) is 0. The van der Waals surface area contributed by atoms with Crippen LogP contribution in [0.5, 0.6) is 0 Å². The van der Waals surface area contributed by atoms with Gasteiger partial charge in [-0.1, -0.05) is 64.1 Å². The van der Waals surface area contributed by atoms with Gasteiger partial charge in [0.1, 0.15) is 14.8 Å². The predicted molar refractivity (Wildman–Crippen MR) is 58.1 cm³/mol. The van der Waals surface area contributed by atoms with Gasteiger partial charge in [0.15, 0.2) is 0 Å². The lowest BCUT2D eigenvalue weighted by molar-refractivity contribution is 1.08. The van der Waals surface area contributed by atoms with Crippen molar-refractivity contribution in [2.24, 2.45) is 0 Å². The lowest BCUT2D eigenvalue weighted by Crippen LogP contribution is -1.96. The minimum Gasteiger partial charge on any atom is -0.238 e. The Labute approximate surface area is 101 Å². The Hall–Kier alpha value is 0.600. The molecule has 1 rings (SSSR count). The molecule has 0 aliphatic carbocycles. The molecule has 72 valence electrons. The number of nitrogens with zero attached hydrogens (tertiary/aromatic N) is 1. The molecule has 0 amide bonds. The van der Waals surface area contributed by atoms with Crippen molar-refractivity contribution in [3.05, 3.63) is 28.5 Å². The molecule has 13 heavy (non-hydrogen) atoms. The van der Waals surface area contributed by atoms with E-state index in [1.165, 1.54) is 0 Å². The zero-order chi connectivity index (χ0) is 10.0. The number of halogens is 5. The molecule has 0 radical (unpaired) electrons. The smallest absolute Gasteiger partial charge is 0.150 e. The van der Waals surface area contributed by atoms with Crippen molar-refractivity contribution in [1.82, 2.24) is 4.98 Å². The Morgan fingerprint density at radius 1 is 1.00 bits per heavy atom. The molecule has 0 aromatic carbocycles. The van der Waals surface area contributed by atoms with Crippen molar-refractivity contribution in [3.63, 3.8) is 0 Å². The highest BCUT2D eigenvalue weighted by atomic mass is 35.5. The van der Waals surface area contributed by atoms with Gasteiger partial charge in [0.25, 0.3) is 0 Å². The first kappa shape index (κ1) is 11.7. The summed E-state index contributed by atoms with van der Waals surface area (Å²) in [6.45, 7) is 0. The molecule has 0 unspecified atom stereocenters. The first-order valence-electron chi connectivity index (χ1n) is 3.25. The van der Waals surface area contributed by atoms with Crippen LogP contribution < -0.4 is 0 Å². The molecule has 0 aliphatic heterocycles. The minimum atomic E-state index is -0.784. The van der Waals surface area contributed by atoms with Crippen LogP contribution in [0.25, 0.3) is 0 Å². The van der Waals surface area contributed by atoms with Gasteiger partial charge in [-0.25, -0.2) is 4.98 Å². The average molecular weight is 279 g/mol. The fourth-order valence-corrected chi connectivity index (χ4v) is 1.69. The molecular weight excluding hydrogens is 275 g/mol. The SMILES string of the molecule is Clc1ccc(C(Cl)Cl)c(C(Cl)Cl)n1. The summed E-state index contributed by atoms with van der Waals surface area (Å²) in [4.78, 5) is 2.43. The number of pyridine rings is 1. The van der Waals surface area contributed by atoms with E-state index < -0.39 is 9.67 Å². The molecule has 0 bridgehead atoms. The van der Waals surface area contributed by atoms with Crippen LogP contribution >= 0.6 is 58.0 Å². The van der Waals surface area contributed by atoms with E-state index in [0.717, 1.165) is 0 Å². The van der Waals surface area contributed by atoms with Gasteiger partial charge < -0.3 is 0 Å². The van der Waals surface area contributed by atoms with Crippen molar-refractivity contribution in [1.29, 1.82) is 0 Å². The van der Waals surface area contributed by atoms with Crippen LogP contribution in [0.2, 0.25) is 5.15 Å². The zero-order valence-corrected chi connectivity index (χ0v) is 9.93. The normalized spacial score (nSPS) is 11.3. The highest BCUT2D eigenvalue weighted by molar-refractivity contribution is 6.46. The monoisotopic (exact) mass is 277 g/mol. The van der Waals surface area contributed by atoms with E-state index >= 15 is 0 Å². The second-order valence-corrected chi connectivity index (χ2v) is 4.79. The summed E-state index contributed by atoms with van der Waals surface area (Å²) in [5, 5.41) is 0.305. The van der Waals surface area contributed by atoms with Gasteiger partial charge >= 0.3 is 0 Å².